The molecule has 1 N–H and O–H groups in total. The van der Waals surface area contributed by atoms with Gasteiger partial charge in [0.25, 0.3) is 0 Å². The van der Waals surface area contributed by atoms with Crippen LogP contribution < -0.4 is 5.32 Å². The smallest absolute Gasteiger partial charge is 0.0291 e. The van der Waals surface area contributed by atoms with Gasteiger partial charge in [-0.25, -0.2) is 0 Å². The molecule has 0 aliphatic rings. The predicted octanol–water partition coefficient (Wildman–Crippen LogP) is 1.69. The van der Waals surface area contributed by atoms with Gasteiger partial charge in [-0.3, -0.25) is 0 Å². The molecule has 0 aromatic rings. The molecule has 0 radical (unpaired) electrons. The lowest BCUT2D eigenvalue weighted by Gasteiger charge is -2.03. The largest absolute Gasteiger partial charge is 0.388 e. The van der Waals surface area contributed by atoms with E-state index in [0.29, 0.717) is 0 Å². The third-order valence-corrected chi connectivity index (χ3v) is 1.16. The third kappa shape index (κ3) is 1.82. The molecule has 0 saturated carbocycles. The number of rotatable bonds is 3. The van der Waals surface area contributed by atoms with E-state index in [4.69, 9.17) is 0 Å². The van der Waals surface area contributed by atoms with Crippen LogP contribution in [-0.2, 0) is 0 Å². The first kappa shape index (κ1) is 7.28. The van der Waals surface area contributed by atoms with Crippen LogP contribution >= 0.6 is 0 Å². The highest BCUT2D eigenvalue weighted by Gasteiger charge is 1.90. The van der Waals surface area contributed by atoms with Crippen LogP contribution in [0, 0.1) is 0 Å². The van der Waals surface area contributed by atoms with Gasteiger partial charge in [0, 0.05) is 12.7 Å². The summed E-state index contributed by atoms with van der Waals surface area (Å²) in [6, 6.07) is 0. The molecule has 0 heterocycles. The van der Waals surface area contributed by atoms with E-state index in [9.17, 15) is 0 Å². The van der Waals surface area contributed by atoms with E-state index in [1.165, 1.54) is 0 Å². The van der Waals surface area contributed by atoms with Gasteiger partial charge in [0.2, 0.25) is 0 Å². The van der Waals surface area contributed by atoms with Gasteiger partial charge >= 0.3 is 0 Å². The fourth-order valence-electron chi connectivity index (χ4n) is 0.390. The van der Waals surface area contributed by atoms with Crippen LogP contribution in [0.3, 0.4) is 0 Å². The summed E-state index contributed by atoms with van der Waals surface area (Å²) in [5.74, 6) is 0. The molecule has 1 nitrogen and oxygen atoms in total. The Balaban J connectivity index is 3.64. The maximum atomic E-state index is 3.78. The highest BCUT2D eigenvalue weighted by Crippen LogP contribution is 2.03. The van der Waals surface area contributed by atoms with Crippen molar-refractivity contribution in [3.63, 3.8) is 0 Å². The van der Waals surface area contributed by atoms with Gasteiger partial charge < -0.3 is 5.32 Å². The predicted molar refractivity (Wildman–Crippen MR) is 37.6 cm³/mol. The Morgan fingerprint density at radius 1 is 1.50 bits per heavy atom. The Hall–Kier alpha value is -0.720. The minimum atomic E-state index is 0.938. The maximum absolute atomic E-state index is 3.78. The Morgan fingerprint density at radius 2 is 2.00 bits per heavy atom. The summed E-state index contributed by atoms with van der Waals surface area (Å²) in [5.41, 5.74) is 2.01. The molecule has 0 amide bonds. The van der Waals surface area contributed by atoms with Crippen molar-refractivity contribution in [3.8, 4) is 0 Å². The fraction of sp³-hybridized carbons (Fsp3) is 0.429. The SMILES string of the molecule is C=C(CC)C(=C)NC. The second-order valence-electron chi connectivity index (χ2n) is 1.69. The first-order valence-corrected chi connectivity index (χ1v) is 2.77. The minimum Gasteiger partial charge on any atom is -0.388 e. The monoisotopic (exact) mass is 111 g/mol. The second kappa shape index (κ2) is 3.30. The Morgan fingerprint density at radius 3 is 2.12 bits per heavy atom. The summed E-state index contributed by atoms with van der Waals surface area (Å²) in [5, 5.41) is 2.92. The Kier molecular flexibility index (Phi) is 3.01. The molecule has 0 bridgehead atoms. The van der Waals surface area contributed by atoms with Crippen molar-refractivity contribution in [2.24, 2.45) is 0 Å². The van der Waals surface area contributed by atoms with Gasteiger partial charge in [-0.2, -0.15) is 0 Å². The molecule has 0 aliphatic carbocycles. The normalized spacial score (nSPS) is 8.25. The lowest BCUT2D eigenvalue weighted by atomic mass is 10.2. The second-order valence-corrected chi connectivity index (χ2v) is 1.69. The quantitative estimate of drug-likeness (QED) is 0.546. The topological polar surface area (TPSA) is 12.0 Å². The molecule has 0 aromatic carbocycles. The van der Waals surface area contributed by atoms with Gasteiger partial charge in [0.1, 0.15) is 0 Å². The van der Waals surface area contributed by atoms with Crippen LogP contribution in [0.4, 0.5) is 0 Å². The van der Waals surface area contributed by atoms with E-state index in [1.54, 1.807) is 0 Å². The molecule has 1 heteroatoms. The highest BCUT2D eigenvalue weighted by atomic mass is 14.8. The molecule has 0 rings (SSSR count). The average molecular weight is 111 g/mol. The number of hydrogen-bond acceptors (Lipinski definition) is 1. The molecule has 0 saturated heterocycles. The van der Waals surface area contributed by atoms with Gasteiger partial charge in [-0.05, 0) is 12.0 Å². The summed E-state index contributed by atoms with van der Waals surface area (Å²) >= 11 is 0. The van der Waals surface area contributed by atoms with Crippen LogP contribution in [0.25, 0.3) is 0 Å². The molecule has 0 spiro atoms. The zero-order valence-corrected chi connectivity index (χ0v) is 5.62. The van der Waals surface area contributed by atoms with Crippen LogP contribution in [-0.4, -0.2) is 7.05 Å². The minimum absolute atomic E-state index is 0.938. The Labute approximate surface area is 51.1 Å². The van der Waals surface area contributed by atoms with E-state index in [1.807, 2.05) is 7.05 Å². The molecule has 0 aromatic heterocycles. The number of allylic oxidation sites excluding steroid dienone is 1. The van der Waals surface area contributed by atoms with E-state index in [0.717, 1.165) is 17.7 Å². The Bertz CT molecular complexity index is 89.0. The lowest BCUT2D eigenvalue weighted by Crippen LogP contribution is -2.05. The van der Waals surface area contributed by atoms with Gasteiger partial charge in [0.05, 0.1) is 0 Å². The number of nitrogens with one attached hydrogen (secondary N) is 1. The standard InChI is InChI=1S/C7H13N/c1-5-6(2)7(3)8-4/h8H,2-3,5H2,1,4H3. The maximum Gasteiger partial charge on any atom is 0.0291 e. The van der Waals surface area contributed by atoms with Gasteiger partial charge in [0.15, 0.2) is 0 Å². The van der Waals surface area contributed by atoms with Crippen molar-refractivity contribution in [3.05, 3.63) is 24.4 Å². The van der Waals surface area contributed by atoms with Crippen molar-refractivity contribution in [2.45, 2.75) is 13.3 Å². The third-order valence-electron chi connectivity index (χ3n) is 1.16. The van der Waals surface area contributed by atoms with Gasteiger partial charge in [-0.1, -0.05) is 20.1 Å². The zero-order chi connectivity index (χ0) is 6.57. The van der Waals surface area contributed by atoms with Crippen LogP contribution in [0.1, 0.15) is 13.3 Å². The van der Waals surface area contributed by atoms with Crippen molar-refractivity contribution in [1.82, 2.24) is 5.32 Å². The summed E-state index contributed by atoms with van der Waals surface area (Å²) in [7, 11) is 1.85. The molecule has 0 aliphatic heterocycles. The summed E-state index contributed by atoms with van der Waals surface area (Å²) < 4.78 is 0. The first-order chi connectivity index (χ1) is 3.72. The van der Waals surface area contributed by atoms with Crippen molar-refractivity contribution in [2.75, 3.05) is 7.05 Å². The zero-order valence-electron chi connectivity index (χ0n) is 5.62. The van der Waals surface area contributed by atoms with E-state index in [-0.39, 0.29) is 0 Å². The summed E-state index contributed by atoms with van der Waals surface area (Å²) in [6.45, 7) is 9.58. The van der Waals surface area contributed by atoms with Crippen LogP contribution in [0.2, 0.25) is 0 Å². The fourth-order valence-corrected chi connectivity index (χ4v) is 0.390. The molecule has 8 heavy (non-hydrogen) atoms. The molecular formula is C7H13N. The lowest BCUT2D eigenvalue weighted by molar-refractivity contribution is 0.965. The molecule has 46 valence electrons. The van der Waals surface area contributed by atoms with Crippen molar-refractivity contribution >= 4 is 0 Å². The summed E-state index contributed by atoms with van der Waals surface area (Å²) in [4.78, 5) is 0. The number of hydrogen-bond donors (Lipinski definition) is 1. The molecule has 0 atom stereocenters. The van der Waals surface area contributed by atoms with Crippen molar-refractivity contribution < 1.29 is 0 Å². The summed E-state index contributed by atoms with van der Waals surface area (Å²) in [6.07, 6.45) is 0.972. The highest BCUT2D eigenvalue weighted by molar-refractivity contribution is 5.21. The van der Waals surface area contributed by atoms with E-state index in [2.05, 4.69) is 25.4 Å². The van der Waals surface area contributed by atoms with Crippen molar-refractivity contribution in [1.29, 1.82) is 0 Å². The molecule has 0 fully saturated rings. The average Bonchev–Trinajstić information content (AvgIpc) is 1.84. The van der Waals surface area contributed by atoms with Gasteiger partial charge in [-0.15, -0.1) is 0 Å². The van der Waals surface area contributed by atoms with Crippen LogP contribution in [0.15, 0.2) is 24.4 Å². The number of likely N-dealkylation sites (N-methyl/N-ethyl adjacent to an activating group) is 1. The molecule has 0 unspecified atom stereocenters. The van der Waals surface area contributed by atoms with E-state index >= 15 is 0 Å². The van der Waals surface area contributed by atoms with Crippen LogP contribution in [0.5, 0.6) is 0 Å². The first-order valence-electron chi connectivity index (χ1n) is 2.77. The van der Waals surface area contributed by atoms with E-state index < -0.39 is 0 Å². The molecular weight excluding hydrogens is 98.1 g/mol.